The van der Waals surface area contributed by atoms with E-state index in [0.717, 1.165) is 12.2 Å². The zero-order chi connectivity index (χ0) is 5.70. The van der Waals surface area contributed by atoms with E-state index in [4.69, 9.17) is 12.6 Å². The third kappa shape index (κ3) is 3.93. The largest absolute Gasteiger partial charge is 0.0897 e. The first kappa shape index (κ1) is 7.09. The summed E-state index contributed by atoms with van der Waals surface area (Å²) in [6.45, 7) is 4.24. The summed E-state index contributed by atoms with van der Waals surface area (Å²) in [5.41, 5.74) is 1.40. The Morgan fingerprint density at radius 1 is 1.71 bits per heavy atom. The number of hydrogen-bond acceptors (Lipinski definition) is 0. The van der Waals surface area contributed by atoms with Gasteiger partial charge in [0.15, 0.2) is 0 Å². The van der Waals surface area contributed by atoms with Gasteiger partial charge in [-0.2, -0.15) is 0 Å². The van der Waals surface area contributed by atoms with Crippen LogP contribution in [0.2, 0.25) is 0 Å². The molecule has 0 aromatic carbocycles. The quantitative estimate of drug-likeness (QED) is 0.485. The van der Waals surface area contributed by atoms with Crippen LogP contribution in [0.5, 0.6) is 0 Å². The van der Waals surface area contributed by atoms with E-state index in [1.165, 1.54) is 5.57 Å². The summed E-state index contributed by atoms with van der Waals surface area (Å²) in [7, 11) is 0. The molecule has 1 radical (unpaired) electrons. The van der Waals surface area contributed by atoms with Gasteiger partial charge < -0.3 is 0 Å². The Labute approximate surface area is 51.0 Å². The Morgan fingerprint density at radius 2 is 2.29 bits per heavy atom. The molecule has 0 aliphatic carbocycles. The predicted octanol–water partition coefficient (Wildman–Crippen LogP) is 2.54. The Bertz CT molecular complexity index is 64.6. The lowest BCUT2D eigenvalue weighted by Crippen LogP contribution is -1.70. The first-order valence-corrected chi connectivity index (χ1v) is 3.12. The van der Waals surface area contributed by atoms with Gasteiger partial charge in [-0.1, -0.05) is 31.2 Å². The molecule has 7 heavy (non-hydrogen) atoms. The number of rotatable bonds is 2. The molecule has 0 heterocycles. The summed E-state index contributed by atoms with van der Waals surface area (Å²) < 4.78 is 0. The fourth-order valence-electron chi connectivity index (χ4n) is 0.287. The molecule has 0 atom stereocenters. The second-order valence-corrected chi connectivity index (χ2v) is 1.90. The molecule has 0 spiro atoms. The van der Waals surface area contributed by atoms with Crippen LogP contribution in [0, 0.1) is 0 Å². The average molecular weight is 115 g/mol. The van der Waals surface area contributed by atoms with E-state index < -0.39 is 0 Å². The van der Waals surface area contributed by atoms with Crippen LogP contribution in [-0.4, -0.2) is 5.75 Å². The van der Waals surface area contributed by atoms with E-state index in [9.17, 15) is 0 Å². The molecule has 0 aliphatic rings. The molecule has 0 amide bonds. The average Bonchev–Trinajstić information content (AvgIpc) is 1.68. The molecule has 0 bridgehead atoms. The monoisotopic (exact) mass is 115 g/mol. The van der Waals surface area contributed by atoms with Gasteiger partial charge in [-0.05, 0) is 13.3 Å². The Balaban J connectivity index is 3.29. The van der Waals surface area contributed by atoms with Gasteiger partial charge in [0.1, 0.15) is 0 Å². The summed E-state index contributed by atoms with van der Waals surface area (Å²) >= 11 is 4.72. The summed E-state index contributed by atoms with van der Waals surface area (Å²) in [6, 6.07) is 0. The minimum absolute atomic E-state index is 0.764. The number of allylic oxidation sites excluding steroid dienone is 1. The van der Waals surface area contributed by atoms with Crippen molar-refractivity contribution in [2.75, 3.05) is 5.75 Å². The fourth-order valence-corrected chi connectivity index (χ4v) is 0.571. The van der Waals surface area contributed by atoms with Gasteiger partial charge in [0.05, 0.1) is 0 Å². The smallest absolute Gasteiger partial charge is 0.0220 e. The van der Waals surface area contributed by atoms with Crippen molar-refractivity contribution in [2.24, 2.45) is 0 Å². The lowest BCUT2D eigenvalue weighted by atomic mass is 10.2. The highest BCUT2D eigenvalue weighted by atomic mass is 32.1. The summed E-state index contributed by atoms with van der Waals surface area (Å²) in [5, 5.41) is 0. The van der Waals surface area contributed by atoms with E-state index in [2.05, 4.69) is 19.9 Å². The van der Waals surface area contributed by atoms with E-state index >= 15 is 0 Å². The summed E-state index contributed by atoms with van der Waals surface area (Å²) in [6.07, 6.45) is 3.21. The van der Waals surface area contributed by atoms with Crippen molar-refractivity contribution in [2.45, 2.75) is 20.3 Å². The van der Waals surface area contributed by atoms with Crippen molar-refractivity contribution in [1.29, 1.82) is 0 Å². The highest BCUT2D eigenvalue weighted by molar-refractivity contribution is 7.80. The Hall–Kier alpha value is 0.0900. The Kier molecular flexibility index (Phi) is 4.31. The zero-order valence-electron chi connectivity index (χ0n) is 4.90. The van der Waals surface area contributed by atoms with Gasteiger partial charge >= 0.3 is 0 Å². The molecule has 0 aliphatic heterocycles. The van der Waals surface area contributed by atoms with Crippen LogP contribution in [0.15, 0.2) is 11.6 Å². The van der Waals surface area contributed by atoms with E-state index in [-0.39, 0.29) is 0 Å². The van der Waals surface area contributed by atoms with Crippen LogP contribution in [0.4, 0.5) is 0 Å². The standard InChI is InChI=1S/C6H11S/c1-3-6(2)4-5-7/h4H,3,5H2,1-2H3/b6-4-. The molecule has 0 saturated heterocycles. The predicted molar refractivity (Wildman–Crippen MR) is 36.5 cm³/mol. The third-order valence-corrected chi connectivity index (χ3v) is 1.16. The Morgan fingerprint density at radius 3 is 2.43 bits per heavy atom. The fraction of sp³-hybridized carbons (Fsp3) is 0.667. The molecule has 41 valence electrons. The van der Waals surface area contributed by atoms with Gasteiger partial charge in [0.2, 0.25) is 0 Å². The highest BCUT2D eigenvalue weighted by Gasteiger charge is 1.77. The van der Waals surface area contributed by atoms with E-state index in [0.29, 0.717) is 0 Å². The molecule has 0 aromatic heterocycles. The van der Waals surface area contributed by atoms with Crippen molar-refractivity contribution >= 4 is 12.6 Å². The van der Waals surface area contributed by atoms with Crippen molar-refractivity contribution in [1.82, 2.24) is 0 Å². The molecular weight excluding hydrogens is 104 g/mol. The number of hydrogen-bond donors (Lipinski definition) is 0. The van der Waals surface area contributed by atoms with E-state index in [1.807, 2.05) is 0 Å². The second kappa shape index (κ2) is 4.25. The normalized spacial score (nSPS) is 12.1. The highest BCUT2D eigenvalue weighted by Crippen LogP contribution is 1.96. The molecule has 0 rings (SSSR count). The molecular formula is C6H11S. The van der Waals surface area contributed by atoms with Crippen molar-refractivity contribution in [3.8, 4) is 0 Å². The SMILES string of the molecule is CC/C(C)=C\C[S]. The minimum Gasteiger partial charge on any atom is -0.0897 e. The maximum Gasteiger partial charge on any atom is 0.0220 e. The van der Waals surface area contributed by atoms with Gasteiger partial charge in [-0.15, -0.1) is 0 Å². The van der Waals surface area contributed by atoms with Crippen LogP contribution in [-0.2, 0) is 0 Å². The summed E-state index contributed by atoms with van der Waals surface area (Å²) in [5.74, 6) is 0.764. The first-order chi connectivity index (χ1) is 3.31. The molecule has 1 heteroatoms. The molecule has 0 nitrogen and oxygen atoms in total. The molecule has 0 aromatic rings. The van der Waals surface area contributed by atoms with E-state index in [1.54, 1.807) is 0 Å². The lowest BCUT2D eigenvalue weighted by molar-refractivity contribution is 1.09. The van der Waals surface area contributed by atoms with Crippen LogP contribution in [0.1, 0.15) is 20.3 Å². The van der Waals surface area contributed by atoms with Gasteiger partial charge in [0, 0.05) is 5.75 Å². The first-order valence-electron chi connectivity index (χ1n) is 2.55. The van der Waals surface area contributed by atoms with Crippen molar-refractivity contribution in [3.05, 3.63) is 11.6 Å². The molecule has 0 unspecified atom stereocenters. The molecule has 0 fully saturated rings. The minimum atomic E-state index is 0.764. The zero-order valence-corrected chi connectivity index (χ0v) is 5.72. The van der Waals surface area contributed by atoms with Crippen LogP contribution in [0.25, 0.3) is 0 Å². The second-order valence-electron chi connectivity index (χ2n) is 1.57. The molecule has 0 N–H and O–H groups in total. The van der Waals surface area contributed by atoms with Gasteiger partial charge in [-0.3, -0.25) is 0 Å². The maximum atomic E-state index is 4.72. The topological polar surface area (TPSA) is 0 Å². The van der Waals surface area contributed by atoms with Crippen LogP contribution >= 0.6 is 12.6 Å². The lowest BCUT2D eigenvalue weighted by Gasteiger charge is -1.87. The van der Waals surface area contributed by atoms with Crippen LogP contribution < -0.4 is 0 Å². The maximum absolute atomic E-state index is 4.72. The van der Waals surface area contributed by atoms with Crippen LogP contribution in [0.3, 0.4) is 0 Å². The van der Waals surface area contributed by atoms with Crippen molar-refractivity contribution in [3.63, 3.8) is 0 Å². The molecule has 0 saturated carbocycles. The van der Waals surface area contributed by atoms with Gasteiger partial charge in [0.25, 0.3) is 0 Å². The summed E-state index contributed by atoms with van der Waals surface area (Å²) in [4.78, 5) is 0. The van der Waals surface area contributed by atoms with Gasteiger partial charge in [-0.25, -0.2) is 0 Å². The van der Waals surface area contributed by atoms with Crippen molar-refractivity contribution < 1.29 is 0 Å². The third-order valence-electron chi connectivity index (χ3n) is 0.989.